The van der Waals surface area contributed by atoms with E-state index in [1.165, 1.54) is 12.2 Å². The summed E-state index contributed by atoms with van der Waals surface area (Å²) in [6.45, 7) is 0. The lowest BCUT2D eigenvalue weighted by atomic mass is 10.2. The zero-order chi connectivity index (χ0) is 5.98. The van der Waals surface area contributed by atoms with Gasteiger partial charge in [0.15, 0.2) is 0 Å². The summed E-state index contributed by atoms with van der Waals surface area (Å²) in [5.74, 6) is -0.713. The van der Waals surface area contributed by atoms with Gasteiger partial charge in [-0.3, -0.25) is 0 Å². The molecule has 0 N–H and O–H groups in total. The molecule has 0 saturated heterocycles. The van der Waals surface area contributed by atoms with Crippen LogP contribution < -0.4 is 0 Å². The van der Waals surface area contributed by atoms with Gasteiger partial charge in [-0.1, -0.05) is 0 Å². The fourth-order valence-electron chi connectivity index (χ4n) is 0.620. The maximum absolute atomic E-state index is 12.0. The molecule has 0 radical (unpaired) electrons. The molecule has 0 aromatic heterocycles. The van der Waals surface area contributed by atoms with E-state index in [2.05, 4.69) is 0 Å². The Bertz CT molecular complexity index is 129. The van der Waals surface area contributed by atoms with Gasteiger partial charge >= 0.3 is 0 Å². The predicted molar refractivity (Wildman–Crippen MR) is 27.6 cm³/mol. The first-order chi connectivity index (χ1) is 3.79. The molecule has 2 heteroatoms. The average molecular weight is 116 g/mol. The Morgan fingerprint density at radius 1 is 1.12 bits per heavy atom. The SMILES string of the molecule is FC1=CCC=C(F)C1. The van der Waals surface area contributed by atoms with E-state index in [-0.39, 0.29) is 18.1 Å². The molecule has 1 aliphatic rings. The normalized spacial score (nSPS) is 19.8. The van der Waals surface area contributed by atoms with Crippen LogP contribution in [0.3, 0.4) is 0 Å². The van der Waals surface area contributed by atoms with Crippen molar-refractivity contribution >= 4 is 0 Å². The molecule has 0 spiro atoms. The summed E-state index contributed by atoms with van der Waals surface area (Å²) in [7, 11) is 0. The third-order valence-electron chi connectivity index (χ3n) is 1.02. The minimum absolute atomic E-state index is 0.139. The minimum Gasteiger partial charge on any atom is -0.212 e. The third-order valence-corrected chi connectivity index (χ3v) is 1.02. The highest BCUT2D eigenvalue weighted by molar-refractivity contribution is 5.12. The van der Waals surface area contributed by atoms with Gasteiger partial charge in [0.05, 0.1) is 6.42 Å². The molecule has 0 bridgehead atoms. The summed E-state index contributed by atoms with van der Waals surface area (Å²) in [6, 6.07) is 0. The summed E-state index contributed by atoms with van der Waals surface area (Å²) in [5, 5.41) is 0. The lowest BCUT2D eigenvalue weighted by molar-refractivity contribution is 0.528. The van der Waals surface area contributed by atoms with Gasteiger partial charge in [-0.05, 0) is 18.6 Å². The molecule has 0 nitrogen and oxygen atoms in total. The molecule has 0 unspecified atom stereocenters. The second kappa shape index (κ2) is 2.07. The topological polar surface area (TPSA) is 0 Å². The van der Waals surface area contributed by atoms with E-state index < -0.39 is 0 Å². The summed E-state index contributed by atoms with van der Waals surface area (Å²) < 4.78 is 24.0. The first kappa shape index (κ1) is 5.48. The molecular formula is C6H6F2. The predicted octanol–water partition coefficient (Wildman–Crippen LogP) is 2.49. The van der Waals surface area contributed by atoms with Gasteiger partial charge in [0.2, 0.25) is 0 Å². The van der Waals surface area contributed by atoms with E-state index in [0.29, 0.717) is 6.42 Å². The van der Waals surface area contributed by atoms with Crippen LogP contribution in [0.15, 0.2) is 23.8 Å². The van der Waals surface area contributed by atoms with Crippen LogP contribution in [0, 0.1) is 0 Å². The zero-order valence-electron chi connectivity index (χ0n) is 4.32. The summed E-state index contributed by atoms with van der Waals surface area (Å²) >= 11 is 0. The molecule has 8 heavy (non-hydrogen) atoms. The molecule has 0 aliphatic heterocycles. The van der Waals surface area contributed by atoms with E-state index >= 15 is 0 Å². The van der Waals surface area contributed by atoms with Crippen LogP contribution in [0.1, 0.15) is 12.8 Å². The zero-order valence-corrected chi connectivity index (χ0v) is 4.32. The first-order valence-corrected chi connectivity index (χ1v) is 2.48. The van der Waals surface area contributed by atoms with Gasteiger partial charge in [-0.2, -0.15) is 0 Å². The smallest absolute Gasteiger partial charge is 0.103 e. The van der Waals surface area contributed by atoms with Gasteiger partial charge in [0.25, 0.3) is 0 Å². The van der Waals surface area contributed by atoms with Crippen LogP contribution in [0.4, 0.5) is 8.78 Å². The van der Waals surface area contributed by atoms with Crippen molar-refractivity contribution in [2.24, 2.45) is 0 Å². The van der Waals surface area contributed by atoms with Gasteiger partial charge in [0, 0.05) is 0 Å². The number of allylic oxidation sites excluding steroid dienone is 4. The second-order valence-electron chi connectivity index (χ2n) is 1.71. The molecule has 0 atom stereocenters. The molecule has 0 aromatic carbocycles. The molecular weight excluding hydrogens is 110 g/mol. The summed E-state index contributed by atoms with van der Waals surface area (Å²) in [6.07, 6.45) is 3.02. The Balaban J connectivity index is 2.57. The fourth-order valence-corrected chi connectivity index (χ4v) is 0.620. The van der Waals surface area contributed by atoms with Gasteiger partial charge in [-0.15, -0.1) is 0 Å². The van der Waals surface area contributed by atoms with Crippen LogP contribution in [0.25, 0.3) is 0 Å². The maximum Gasteiger partial charge on any atom is 0.103 e. The highest BCUT2D eigenvalue weighted by atomic mass is 19.1. The molecule has 1 rings (SSSR count). The summed E-state index contributed by atoms with van der Waals surface area (Å²) in [4.78, 5) is 0. The Labute approximate surface area is 46.5 Å². The molecule has 0 saturated carbocycles. The molecule has 0 aromatic rings. The quantitative estimate of drug-likeness (QED) is 0.456. The number of rotatable bonds is 0. The van der Waals surface area contributed by atoms with E-state index in [1.54, 1.807) is 0 Å². The van der Waals surface area contributed by atoms with Crippen molar-refractivity contribution in [2.45, 2.75) is 12.8 Å². The minimum atomic E-state index is -0.356. The average Bonchev–Trinajstić information content (AvgIpc) is 1.64. The van der Waals surface area contributed by atoms with Crippen LogP contribution >= 0.6 is 0 Å². The van der Waals surface area contributed by atoms with Crippen molar-refractivity contribution in [3.8, 4) is 0 Å². The van der Waals surface area contributed by atoms with Gasteiger partial charge in [0.1, 0.15) is 11.7 Å². The van der Waals surface area contributed by atoms with E-state index in [4.69, 9.17) is 0 Å². The van der Waals surface area contributed by atoms with E-state index in [9.17, 15) is 8.78 Å². The number of hydrogen-bond acceptors (Lipinski definition) is 0. The lowest BCUT2D eigenvalue weighted by Crippen LogP contribution is -1.82. The van der Waals surface area contributed by atoms with E-state index in [1.807, 2.05) is 0 Å². The Morgan fingerprint density at radius 3 is 1.88 bits per heavy atom. The molecule has 44 valence electrons. The second-order valence-corrected chi connectivity index (χ2v) is 1.71. The van der Waals surface area contributed by atoms with Crippen molar-refractivity contribution in [2.75, 3.05) is 0 Å². The highest BCUT2D eigenvalue weighted by Crippen LogP contribution is 2.19. The van der Waals surface area contributed by atoms with Crippen molar-refractivity contribution < 1.29 is 8.78 Å². The highest BCUT2D eigenvalue weighted by Gasteiger charge is 2.03. The third kappa shape index (κ3) is 1.15. The van der Waals surface area contributed by atoms with Crippen molar-refractivity contribution in [3.05, 3.63) is 23.8 Å². The Hall–Kier alpha value is -0.660. The van der Waals surface area contributed by atoms with Gasteiger partial charge in [-0.25, -0.2) is 8.78 Å². The largest absolute Gasteiger partial charge is 0.212 e. The molecule has 0 amide bonds. The van der Waals surface area contributed by atoms with Crippen molar-refractivity contribution in [1.29, 1.82) is 0 Å². The van der Waals surface area contributed by atoms with Crippen molar-refractivity contribution in [1.82, 2.24) is 0 Å². The van der Waals surface area contributed by atoms with Gasteiger partial charge < -0.3 is 0 Å². The molecule has 0 fully saturated rings. The Kier molecular flexibility index (Phi) is 1.42. The monoisotopic (exact) mass is 116 g/mol. The number of hydrogen-bond donors (Lipinski definition) is 0. The Morgan fingerprint density at radius 2 is 1.62 bits per heavy atom. The van der Waals surface area contributed by atoms with Crippen LogP contribution in [-0.2, 0) is 0 Å². The van der Waals surface area contributed by atoms with Crippen LogP contribution in [-0.4, -0.2) is 0 Å². The van der Waals surface area contributed by atoms with Crippen molar-refractivity contribution in [3.63, 3.8) is 0 Å². The van der Waals surface area contributed by atoms with Crippen LogP contribution in [0.5, 0.6) is 0 Å². The number of halogens is 2. The molecule has 1 aliphatic carbocycles. The fraction of sp³-hybridized carbons (Fsp3) is 0.333. The van der Waals surface area contributed by atoms with Crippen LogP contribution in [0.2, 0.25) is 0 Å². The first-order valence-electron chi connectivity index (χ1n) is 2.48. The maximum atomic E-state index is 12.0. The standard InChI is InChI=1S/C6H6F2/c7-5-2-1-3-6(8)4-5/h2-3H,1,4H2. The lowest BCUT2D eigenvalue weighted by Gasteiger charge is -1.98. The van der Waals surface area contributed by atoms with E-state index in [0.717, 1.165) is 0 Å². The summed E-state index contributed by atoms with van der Waals surface area (Å²) in [5.41, 5.74) is 0. The molecule has 0 heterocycles.